The number of carbonyl (C=O) groups excluding carboxylic acids is 1. The zero-order valence-corrected chi connectivity index (χ0v) is 18.8. The summed E-state index contributed by atoms with van der Waals surface area (Å²) in [5.41, 5.74) is 3.20. The van der Waals surface area contributed by atoms with Crippen LogP contribution in [0.4, 0.5) is 5.82 Å². The Morgan fingerprint density at radius 1 is 1.03 bits per heavy atom. The molecule has 7 nitrogen and oxygen atoms in total. The van der Waals surface area contributed by atoms with E-state index in [4.69, 9.17) is 0 Å². The van der Waals surface area contributed by atoms with Crippen LogP contribution in [-0.2, 0) is 15.6 Å². The number of piperazine rings is 1. The first-order valence-electron chi connectivity index (χ1n) is 11.1. The SMILES string of the molecule is Cc1cc(N2CCN(C(=O)C3(c4ccc(C(C)(C)C)cc4)CC3)CC2)n2ncnc2n1. The van der Waals surface area contributed by atoms with Gasteiger partial charge in [0.1, 0.15) is 12.1 Å². The Bertz CT molecular complexity index is 1120. The van der Waals surface area contributed by atoms with Crippen LogP contribution in [0.2, 0.25) is 0 Å². The highest BCUT2D eigenvalue weighted by Crippen LogP contribution is 2.50. The van der Waals surface area contributed by atoms with Crippen molar-refractivity contribution in [3.8, 4) is 0 Å². The molecule has 1 aromatic carbocycles. The standard InChI is InChI=1S/C24H30N6O/c1-17-15-20(30-22(27-17)25-16-26-30)28-11-13-29(14-12-28)21(31)24(9-10-24)19-7-5-18(6-8-19)23(2,3)4/h5-8,15-16H,9-14H2,1-4H3. The highest BCUT2D eigenvalue weighted by molar-refractivity contribution is 5.91. The number of aromatic nitrogens is 4. The van der Waals surface area contributed by atoms with Gasteiger partial charge >= 0.3 is 0 Å². The molecule has 5 rings (SSSR count). The van der Waals surface area contributed by atoms with Crippen molar-refractivity contribution in [2.45, 2.75) is 51.4 Å². The molecule has 0 atom stereocenters. The summed E-state index contributed by atoms with van der Waals surface area (Å²) in [5.74, 6) is 1.89. The molecule has 0 bridgehead atoms. The molecule has 31 heavy (non-hydrogen) atoms. The van der Waals surface area contributed by atoms with Crippen LogP contribution >= 0.6 is 0 Å². The number of hydrogen-bond acceptors (Lipinski definition) is 5. The summed E-state index contributed by atoms with van der Waals surface area (Å²) in [6, 6.07) is 10.8. The average molecular weight is 419 g/mol. The largest absolute Gasteiger partial charge is 0.353 e. The van der Waals surface area contributed by atoms with E-state index in [0.29, 0.717) is 5.78 Å². The summed E-state index contributed by atoms with van der Waals surface area (Å²) in [7, 11) is 0. The van der Waals surface area contributed by atoms with E-state index < -0.39 is 0 Å². The third kappa shape index (κ3) is 3.46. The van der Waals surface area contributed by atoms with E-state index in [0.717, 1.165) is 50.5 Å². The van der Waals surface area contributed by atoms with E-state index in [2.05, 4.69) is 65.0 Å². The molecular weight excluding hydrogens is 388 g/mol. The first-order chi connectivity index (χ1) is 14.8. The molecule has 2 aromatic heterocycles. The van der Waals surface area contributed by atoms with Gasteiger partial charge in [-0.2, -0.15) is 14.6 Å². The van der Waals surface area contributed by atoms with Crippen LogP contribution in [0.5, 0.6) is 0 Å². The third-order valence-electron chi connectivity index (χ3n) is 6.71. The Labute approximate surface area is 183 Å². The van der Waals surface area contributed by atoms with Gasteiger partial charge in [-0.15, -0.1) is 0 Å². The number of carbonyl (C=O) groups is 1. The van der Waals surface area contributed by atoms with Gasteiger partial charge in [-0.05, 0) is 36.3 Å². The van der Waals surface area contributed by atoms with Gasteiger partial charge in [0, 0.05) is 37.9 Å². The highest BCUT2D eigenvalue weighted by atomic mass is 16.2. The van der Waals surface area contributed by atoms with Crippen molar-refractivity contribution in [1.29, 1.82) is 0 Å². The summed E-state index contributed by atoms with van der Waals surface area (Å²) in [4.78, 5) is 26.5. The van der Waals surface area contributed by atoms with Gasteiger partial charge in [-0.1, -0.05) is 45.0 Å². The maximum absolute atomic E-state index is 13.5. The normalized spacial score (nSPS) is 18.5. The molecule has 0 N–H and O–H groups in total. The molecule has 1 saturated carbocycles. The first-order valence-corrected chi connectivity index (χ1v) is 11.1. The van der Waals surface area contributed by atoms with Crippen LogP contribution in [0.15, 0.2) is 36.7 Å². The van der Waals surface area contributed by atoms with E-state index in [-0.39, 0.29) is 16.7 Å². The van der Waals surface area contributed by atoms with Crippen LogP contribution in [0.1, 0.15) is 50.4 Å². The van der Waals surface area contributed by atoms with Crippen molar-refractivity contribution in [3.63, 3.8) is 0 Å². The molecule has 7 heteroatoms. The number of fused-ring (bicyclic) bond motifs is 1. The van der Waals surface area contributed by atoms with Gasteiger partial charge in [-0.3, -0.25) is 4.79 Å². The lowest BCUT2D eigenvalue weighted by Crippen LogP contribution is -2.52. The summed E-state index contributed by atoms with van der Waals surface area (Å²) >= 11 is 0. The monoisotopic (exact) mass is 418 g/mol. The zero-order valence-electron chi connectivity index (χ0n) is 18.8. The molecule has 3 heterocycles. The van der Waals surface area contributed by atoms with Gasteiger partial charge in [0.15, 0.2) is 0 Å². The van der Waals surface area contributed by atoms with Crippen molar-refractivity contribution in [2.24, 2.45) is 0 Å². The summed E-state index contributed by atoms with van der Waals surface area (Å²) < 4.78 is 1.78. The van der Waals surface area contributed by atoms with Crippen molar-refractivity contribution in [2.75, 3.05) is 31.1 Å². The smallest absolute Gasteiger partial charge is 0.254 e. The Morgan fingerprint density at radius 3 is 2.32 bits per heavy atom. The Morgan fingerprint density at radius 2 is 1.71 bits per heavy atom. The minimum atomic E-state index is -0.314. The van der Waals surface area contributed by atoms with Gasteiger partial charge in [-0.25, -0.2) is 4.98 Å². The van der Waals surface area contributed by atoms with Gasteiger partial charge < -0.3 is 9.80 Å². The minimum Gasteiger partial charge on any atom is -0.353 e. The molecule has 0 spiro atoms. The number of benzene rings is 1. The predicted molar refractivity (Wildman–Crippen MR) is 120 cm³/mol. The topological polar surface area (TPSA) is 66.6 Å². The molecule has 162 valence electrons. The quantitative estimate of drug-likeness (QED) is 0.654. The fourth-order valence-corrected chi connectivity index (χ4v) is 4.62. The second-order valence-corrected chi connectivity index (χ2v) is 9.92. The van der Waals surface area contributed by atoms with Crippen molar-refractivity contribution >= 4 is 17.5 Å². The van der Waals surface area contributed by atoms with Gasteiger partial charge in [0.05, 0.1) is 5.41 Å². The molecular formula is C24H30N6O. The number of anilines is 1. The second-order valence-electron chi connectivity index (χ2n) is 9.92. The molecule has 2 fully saturated rings. The van der Waals surface area contributed by atoms with Crippen LogP contribution in [0.3, 0.4) is 0 Å². The lowest BCUT2D eigenvalue weighted by Gasteiger charge is -2.37. The van der Waals surface area contributed by atoms with Crippen LogP contribution in [-0.4, -0.2) is 56.6 Å². The summed E-state index contributed by atoms with van der Waals surface area (Å²) in [6.07, 6.45) is 3.43. The summed E-state index contributed by atoms with van der Waals surface area (Å²) in [6.45, 7) is 11.6. The number of hydrogen-bond donors (Lipinski definition) is 0. The Balaban J connectivity index is 1.30. The van der Waals surface area contributed by atoms with E-state index in [1.807, 2.05) is 17.9 Å². The molecule has 0 unspecified atom stereocenters. The highest BCUT2D eigenvalue weighted by Gasteiger charge is 2.53. The van der Waals surface area contributed by atoms with Crippen molar-refractivity contribution in [3.05, 3.63) is 53.5 Å². The Kier molecular flexibility index (Phi) is 4.53. The fourth-order valence-electron chi connectivity index (χ4n) is 4.62. The number of amides is 1. The number of aryl methyl sites for hydroxylation is 1. The summed E-state index contributed by atoms with van der Waals surface area (Å²) in [5, 5.41) is 4.32. The third-order valence-corrected chi connectivity index (χ3v) is 6.71. The van der Waals surface area contributed by atoms with Crippen molar-refractivity contribution < 1.29 is 4.79 Å². The van der Waals surface area contributed by atoms with Crippen LogP contribution in [0.25, 0.3) is 5.78 Å². The minimum absolute atomic E-state index is 0.121. The van der Waals surface area contributed by atoms with Crippen LogP contribution < -0.4 is 4.90 Å². The maximum atomic E-state index is 13.5. The Hall–Kier alpha value is -2.96. The zero-order chi connectivity index (χ0) is 21.8. The lowest BCUT2D eigenvalue weighted by molar-refractivity contribution is -0.134. The van der Waals surface area contributed by atoms with Gasteiger partial charge in [0.2, 0.25) is 5.91 Å². The number of rotatable bonds is 3. The molecule has 0 radical (unpaired) electrons. The maximum Gasteiger partial charge on any atom is 0.254 e. The molecule has 1 amide bonds. The fraction of sp³-hybridized carbons (Fsp3) is 0.500. The first kappa shape index (κ1) is 20.0. The number of nitrogens with zero attached hydrogens (tertiary/aromatic N) is 6. The van der Waals surface area contributed by atoms with Crippen molar-refractivity contribution in [1.82, 2.24) is 24.5 Å². The molecule has 1 aliphatic carbocycles. The molecule has 2 aliphatic rings. The van der Waals surface area contributed by atoms with Crippen LogP contribution in [0, 0.1) is 6.92 Å². The predicted octanol–water partition coefficient (Wildman–Crippen LogP) is 3.11. The lowest BCUT2D eigenvalue weighted by atomic mass is 9.84. The molecule has 1 aliphatic heterocycles. The van der Waals surface area contributed by atoms with E-state index in [1.54, 1.807) is 4.52 Å². The van der Waals surface area contributed by atoms with E-state index in [9.17, 15) is 4.79 Å². The van der Waals surface area contributed by atoms with Gasteiger partial charge in [0.25, 0.3) is 5.78 Å². The van der Waals surface area contributed by atoms with E-state index in [1.165, 1.54) is 17.5 Å². The average Bonchev–Trinajstić information content (AvgIpc) is 3.43. The molecule has 1 saturated heterocycles. The van der Waals surface area contributed by atoms with E-state index >= 15 is 0 Å². The molecule has 3 aromatic rings. The second kappa shape index (κ2) is 7.04.